The van der Waals surface area contributed by atoms with E-state index < -0.39 is 9.84 Å². The minimum Gasteiger partial charge on any atom is -0.453 e. The molecule has 3 aliphatic heterocycles. The van der Waals surface area contributed by atoms with Crippen molar-refractivity contribution in [2.75, 3.05) is 9.80 Å². The molecule has 262 valence electrons. The molecule has 0 saturated carbocycles. The van der Waals surface area contributed by atoms with Crippen LogP contribution < -0.4 is 19.3 Å². The van der Waals surface area contributed by atoms with Gasteiger partial charge in [0.05, 0.1) is 43.9 Å². The molecule has 0 fully saturated rings. The van der Waals surface area contributed by atoms with Gasteiger partial charge in [0.15, 0.2) is 23.0 Å². The Hall–Kier alpha value is -7.09. The van der Waals surface area contributed by atoms with Gasteiger partial charge in [-0.1, -0.05) is 121 Å². The number of fused-ring (bicyclic) bond motifs is 7. The number of para-hydroxylation sites is 10. The van der Waals surface area contributed by atoms with Gasteiger partial charge in [-0.15, -0.1) is 0 Å². The second-order valence-corrected chi connectivity index (χ2v) is 15.5. The highest BCUT2D eigenvalue weighted by Gasteiger charge is 2.40. The van der Waals surface area contributed by atoms with E-state index >= 15 is 8.42 Å². The summed E-state index contributed by atoms with van der Waals surface area (Å²) in [6.45, 7) is 0. The van der Waals surface area contributed by atoms with E-state index in [1.54, 1.807) is 0 Å². The summed E-state index contributed by atoms with van der Waals surface area (Å²) in [5.41, 5.74) is 9.43. The van der Waals surface area contributed by atoms with E-state index in [4.69, 9.17) is 9.47 Å². The van der Waals surface area contributed by atoms with Gasteiger partial charge in [-0.2, -0.15) is 0 Å². The summed E-state index contributed by atoms with van der Waals surface area (Å²) < 4.78 is 43.4. The first kappa shape index (κ1) is 31.4. The van der Waals surface area contributed by atoms with E-state index in [1.165, 1.54) is 0 Å². The molecule has 0 amide bonds. The minimum atomic E-state index is -4.05. The van der Waals surface area contributed by atoms with Gasteiger partial charge in [-0.3, -0.25) is 0 Å². The van der Waals surface area contributed by atoms with E-state index in [1.807, 2.05) is 182 Å². The number of ether oxygens (including phenoxy) is 2. The highest BCUT2D eigenvalue weighted by molar-refractivity contribution is 7.92. The molecule has 0 unspecified atom stereocenters. The predicted octanol–water partition coefficient (Wildman–Crippen LogP) is 13.0. The molecule has 7 heteroatoms. The first-order valence-corrected chi connectivity index (χ1v) is 19.6. The van der Waals surface area contributed by atoms with Crippen molar-refractivity contribution < 1.29 is 17.9 Å². The van der Waals surface area contributed by atoms with Gasteiger partial charge in [0.1, 0.15) is 0 Å². The van der Waals surface area contributed by atoms with E-state index in [-0.39, 0.29) is 0 Å². The lowest BCUT2D eigenvalue weighted by molar-refractivity contribution is 0.477. The lowest BCUT2D eigenvalue weighted by Crippen LogP contribution is -2.17. The third-order valence-electron chi connectivity index (χ3n) is 10.6. The fourth-order valence-corrected chi connectivity index (χ4v) is 10.4. The van der Waals surface area contributed by atoms with Gasteiger partial charge in [0.2, 0.25) is 9.84 Å². The summed E-state index contributed by atoms with van der Waals surface area (Å²) in [7, 11) is -4.05. The standard InChI is InChI=1S/C48H30N2O4S/c51-55(52)47-33(31-15-1-3-21-37(31)49-39-23-5-9-27-43(39)53-44-28-10-6-24-40(44)49)17-13-19-35(47)36-20-14-18-34(48(36)55)32-16-2-4-22-38(32)50-41-25-7-11-29-45(41)54-46-30-12-8-26-42(46)50/h1-30H. The molecule has 0 aliphatic carbocycles. The van der Waals surface area contributed by atoms with Crippen LogP contribution in [0.4, 0.5) is 34.1 Å². The Morgan fingerprint density at radius 3 is 0.891 bits per heavy atom. The molecule has 0 atom stereocenters. The van der Waals surface area contributed by atoms with Crippen molar-refractivity contribution in [1.29, 1.82) is 0 Å². The van der Waals surface area contributed by atoms with Crippen LogP contribution in [0, 0.1) is 0 Å². The summed E-state index contributed by atoms with van der Waals surface area (Å²) >= 11 is 0. The van der Waals surface area contributed by atoms with Gasteiger partial charge in [0.25, 0.3) is 0 Å². The number of rotatable bonds is 4. The molecule has 8 aromatic carbocycles. The highest BCUT2D eigenvalue weighted by Crippen LogP contribution is 2.57. The summed E-state index contributed by atoms with van der Waals surface area (Å²) in [5, 5.41) is 0. The molecule has 11 rings (SSSR count). The molecule has 0 bridgehead atoms. The molecule has 3 heterocycles. The fraction of sp³-hybridized carbons (Fsp3) is 0. The topological polar surface area (TPSA) is 59.1 Å². The van der Waals surface area contributed by atoms with Crippen molar-refractivity contribution >= 4 is 44.0 Å². The molecule has 0 radical (unpaired) electrons. The Morgan fingerprint density at radius 2 is 0.545 bits per heavy atom. The molecule has 0 spiro atoms. The number of sulfone groups is 1. The monoisotopic (exact) mass is 730 g/mol. The van der Waals surface area contributed by atoms with E-state index in [2.05, 4.69) is 9.80 Å². The van der Waals surface area contributed by atoms with Gasteiger partial charge in [0, 0.05) is 33.4 Å². The molecule has 8 aromatic rings. The van der Waals surface area contributed by atoms with Crippen LogP contribution in [-0.4, -0.2) is 8.42 Å². The molecule has 55 heavy (non-hydrogen) atoms. The van der Waals surface area contributed by atoms with Crippen LogP contribution in [0.2, 0.25) is 0 Å². The molecule has 0 aromatic heterocycles. The zero-order valence-electron chi connectivity index (χ0n) is 29.3. The van der Waals surface area contributed by atoms with Crippen LogP contribution in [0.15, 0.2) is 192 Å². The quantitative estimate of drug-likeness (QED) is 0.180. The average molecular weight is 731 g/mol. The Labute approximate surface area is 318 Å². The van der Waals surface area contributed by atoms with Gasteiger partial charge in [-0.25, -0.2) is 8.42 Å². The second-order valence-electron chi connectivity index (χ2n) is 13.6. The van der Waals surface area contributed by atoms with Gasteiger partial charge >= 0.3 is 0 Å². The van der Waals surface area contributed by atoms with E-state index in [0.717, 1.165) is 68.2 Å². The number of hydrogen-bond acceptors (Lipinski definition) is 6. The van der Waals surface area contributed by atoms with Crippen LogP contribution in [0.5, 0.6) is 23.0 Å². The van der Waals surface area contributed by atoms with Crippen molar-refractivity contribution in [2.45, 2.75) is 9.79 Å². The van der Waals surface area contributed by atoms with Crippen LogP contribution in [0.25, 0.3) is 33.4 Å². The largest absolute Gasteiger partial charge is 0.453 e. The minimum absolute atomic E-state index is 0.305. The number of hydrogen-bond donors (Lipinski definition) is 0. The Kier molecular flexibility index (Phi) is 6.84. The second kappa shape index (κ2) is 12.0. The lowest BCUT2D eigenvalue weighted by Gasteiger charge is -2.34. The summed E-state index contributed by atoms with van der Waals surface area (Å²) in [4.78, 5) is 4.94. The molecular weight excluding hydrogens is 701 g/mol. The summed E-state index contributed by atoms with van der Waals surface area (Å²) in [6, 6.07) is 59.3. The van der Waals surface area contributed by atoms with Gasteiger partial charge < -0.3 is 19.3 Å². The third kappa shape index (κ3) is 4.63. The first-order valence-electron chi connectivity index (χ1n) is 18.1. The zero-order chi connectivity index (χ0) is 36.7. The molecular formula is C48H30N2O4S. The van der Waals surface area contributed by atoms with E-state index in [9.17, 15) is 0 Å². The van der Waals surface area contributed by atoms with Crippen molar-refractivity contribution in [3.8, 4) is 56.4 Å². The van der Waals surface area contributed by atoms with E-state index in [0.29, 0.717) is 32.0 Å². The van der Waals surface area contributed by atoms with Gasteiger partial charge in [-0.05, 0) is 60.7 Å². The predicted molar refractivity (Wildman–Crippen MR) is 218 cm³/mol. The maximum atomic E-state index is 15.4. The fourth-order valence-electron chi connectivity index (χ4n) is 8.32. The lowest BCUT2D eigenvalue weighted by atomic mass is 9.94. The van der Waals surface area contributed by atoms with Crippen LogP contribution >= 0.6 is 0 Å². The zero-order valence-corrected chi connectivity index (χ0v) is 30.1. The third-order valence-corrected chi connectivity index (χ3v) is 12.5. The maximum Gasteiger partial charge on any atom is 0.209 e. The Balaban J connectivity index is 1.10. The molecule has 3 aliphatic rings. The first-order chi connectivity index (χ1) is 27.1. The SMILES string of the molecule is O=S1(=O)c2c(-c3ccccc3N3c4ccccc4Oc4ccccc43)cccc2-c2cccc(-c3ccccc3N3c4ccccc4Oc4ccccc43)c21. The van der Waals surface area contributed by atoms with Crippen molar-refractivity contribution in [3.63, 3.8) is 0 Å². The van der Waals surface area contributed by atoms with Crippen LogP contribution in [0.1, 0.15) is 0 Å². The highest BCUT2D eigenvalue weighted by atomic mass is 32.2. The number of benzene rings is 8. The Morgan fingerprint density at radius 1 is 0.291 bits per heavy atom. The maximum absolute atomic E-state index is 15.4. The smallest absolute Gasteiger partial charge is 0.209 e. The molecule has 6 nitrogen and oxygen atoms in total. The van der Waals surface area contributed by atoms with Crippen LogP contribution in [-0.2, 0) is 9.84 Å². The number of nitrogens with zero attached hydrogens (tertiary/aromatic N) is 2. The average Bonchev–Trinajstić information content (AvgIpc) is 3.48. The summed E-state index contributed by atoms with van der Waals surface area (Å²) in [5.74, 6) is 2.90. The van der Waals surface area contributed by atoms with Crippen molar-refractivity contribution in [3.05, 3.63) is 182 Å². The summed E-state index contributed by atoms with van der Waals surface area (Å²) in [6.07, 6.45) is 0. The van der Waals surface area contributed by atoms with Crippen molar-refractivity contribution in [2.24, 2.45) is 0 Å². The van der Waals surface area contributed by atoms with Crippen LogP contribution in [0.3, 0.4) is 0 Å². The Bertz CT molecular complexity index is 2710. The number of anilines is 6. The van der Waals surface area contributed by atoms with Crippen molar-refractivity contribution in [1.82, 2.24) is 0 Å². The molecule has 0 saturated heterocycles. The normalized spacial score (nSPS) is 14.0. The molecule has 0 N–H and O–H groups in total.